The lowest BCUT2D eigenvalue weighted by Gasteiger charge is -2.11. The zero-order valence-corrected chi connectivity index (χ0v) is 33.2. The van der Waals surface area contributed by atoms with E-state index in [4.69, 9.17) is 19.4 Å². The number of fused-ring (bicyclic) bond motifs is 6. The van der Waals surface area contributed by atoms with Gasteiger partial charge < -0.3 is 8.98 Å². The van der Waals surface area contributed by atoms with Gasteiger partial charge in [0.2, 0.25) is 0 Å². The predicted octanol–water partition coefficient (Wildman–Crippen LogP) is 14.5. The van der Waals surface area contributed by atoms with Crippen molar-refractivity contribution in [2.24, 2.45) is 0 Å². The molecular weight excluding hydrogens is 733 g/mol. The van der Waals surface area contributed by atoms with Crippen LogP contribution < -0.4 is 0 Å². The Morgan fingerprint density at radius 1 is 0.400 bits per heavy atom. The van der Waals surface area contributed by atoms with Crippen LogP contribution in [0.2, 0.25) is 0 Å². The molecule has 3 heterocycles. The van der Waals surface area contributed by atoms with Crippen molar-refractivity contribution in [3.8, 4) is 62.1 Å². The average molecular weight is 773 g/mol. The van der Waals surface area contributed by atoms with Gasteiger partial charge in [0.25, 0.3) is 0 Å². The van der Waals surface area contributed by atoms with Crippen LogP contribution in [-0.2, 0) is 6.42 Å². The molecule has 0 fully saturated rings. The molecule has 3 aromatic heterocycles. The van der Waals surface area contributed by atoms with Crippen LogP contribution in [0.4, 0.5) is 0 Å². The van der Waals surface area contributed by atoms with Gasteiger partial charge in [0.1, 0.15) is 11.2 Å². The Labute approximate surface area is 348 Å². The van der Waals surface area contributed by atoms with Gasteiger partial charge in [0, 0.05) is 43.9 Å². The number of benzene rings is 8. The second-order valence-electron chi connectivity index (χ2n) is 15.5. The lowest BCUT2D eigenvalue weighted by Crippen LogP contribution is -2.00. The summed E-state index contributed by atoms with van der Waals surface area (Å²) in [5.41, 5.74) is 13.9. The van der Waals surface area contributed by atoms with Crippen LogP contribution in [0.3, 0.4) is 0 Å². The molecule has 0 aliphatic rings. The van der Waals surface area contributed by atoms with E-state index in [1.165, 1.54) is 40.1 Å². The summed E-state index contributed by atoms with van der Waals surface area (Å²) in [7, 11) is 0. The molecule has 5 nitrogen and oxygen atoms in total. The molecule has 8 aromatic carbocycles. The number of aryl methyl sites for hydroxylation is 1. The normalized spacial score (nSPS) is 11.6. The summed E-state index contributed by atoms with van der Waals surface area (Å²) in [4.78, 5) is 14.8. The molecule has 0 aliphatic carbocycles. The quantitative estimate of drug-likeness (QED) is 0.147. The third-order valence-corrected chi connectivity index (χ3v) is 11.6. The van der Waals surface area contributed by atoms with Crippen molar-refractivity contribution in [1.29, 1.82) is 0 Å². The Morgan fingerprint density at radius 3 is 1.65 bits per heavy atom. The Kier molecular flexibility index (Phi) is 8.85. The van der Waals surface area contributed by atoms with Gasteiger partial charge in [-0.3, -0.25) is 0 Å². The minimum atomic E-state index is 0.637. The van der Waals surface area contributed by atoms with Crippen LogP contribution in [-0.4, -0.2) is 19.5 Å². The molecule has 0 bridgehead atoms. The molecule has 0 N–H and O–H groups in total. The van der Waals surface area contributed by atoms with Gasteiger partial charge in [-0.2, -0.15) is 0 Å². The van der Waals surface area contributed by atoms with Crippen molar-refractivity contribution < 1.29 is 4.42 Å². The van der Waals surface area contributed by atoms with Crippen LogP contribution >= 0.6 is 0 Å². The van der Waals surface area contributed by atoms with Gasteiger partial charge in [0.15, 0.2) is 17.5 Å². The second-order valence-corrected chi connectivity index (χ2v) is 15.5. The van der Waals surface area contributed by atoms with E-state index < -0.39 is 0 Å². The number of para-hydroxylation sites is 1. The van der Waals surface area contributed by atoms with Crippen LogP contribution in [0.25, 0.3) is 106 Å². The van der Waals surface area contributed by atoms with Gasteiger partial charge in [-0.1, -0.05) is 153 Å². The number of aromatic nitrogens is 4. The first kappa shape index (κ1) is 35.5. The molecule has 11 aromatic rings. The first-order valence-corrected chi connectivity index (χ1v) is 20.7. The number of furan rings is 1. The largest absolute Gasteiger partial charge is 0.456 e. The topological polar surface area (TPSA) is 56.7 Å². The van der Waals surface area contributed by atoms with Crippen molar-refractivity contribution in [2.45, 2.75) is 26.2 Å². The van der Waals surface area contributed by atoms with Crippen LogP contribution in [0, 0.1) is 0 Å². The first-order valence-electron chi connectivity index (χ1n) is 20.7. The van der Waals surface area contributed by atoms with E-state index in [0.29, 0.717) is 17.5 Å². The molecule has 0 aliphatic heterocycles. The number of hydrogen-bond donors (Lipinski definition) is 0. The van der Waals surface area contributed by atoms with Crippen LogP contribution in [0.1, 0.15) is 25.3 Å². The summed E-state index contributed by atoms with van der Waals surface area (Å²) in [5.74, 6) is 1.93. The fourth-order valence-corrected chi connectivity index (χ4v) is 8.54. The van der Waals surface area contributed by atoms with E-state index in [2.05, 4.69) is 139 Å². The third kappa shape index (κ3) is 6.41. The number of hydrogen-bond acceptors (Lipinski definition) is 4. The molecule has 5 heteroatoms. The highest BCUT2D eigenvalue weighted by Gasteiger charge is 2.16. The SMILES string of the molecule is CCCCc1ccc2c(c1)oc1cc(-c3ccc4c5ccccc5n(-c5ccc(-c6cccc(-c7nc(-c8ccccc8)nc(-c8ccccc8)n7)c6)cc5)c4c3)ccc12. The number of rotatable bonds is 9. The highest BCUT2D eigenvalue weighted by molar-refractivity contribution is 6.11. The van der Waals surface area contributed by atoms with E-state index in [1.807, 2.05) is 60.7 Å². The number of unbranched alkanes of at least 4 members (excludes halogenated alkanes) is 1. The second kappa shape index (κ2) is 14.9. The molecule has 0 atom stereocenters. The lowest BCUT2D eigenvalue weighted by atomic mass is 10.0. The van der Waals surface area contributed by atoms with Crippen molar-refractivity contribution in [1.82, 2.24) is 19.5 Å². The average Bonchev–Trinajstić information content (AvgIpc) is 3.86. The van der Waals surface area contributed by atoms with E-state index in [9.17, 15) is 0 Å². The highest BCUT2D eigenvalue weighted by Crippen LogP contribution is 2.38. The van der Waals surface area contributed by atoms with Crippen molar-refractivity contribution in [3.05, 3.63) is 194 Å². The molecule has 11 rings (SSSR count). The molecule has 286 valence electrons. The van der Waals surface area contributed by atoms with Crippen LogP contribution in [0.5, 0.6) is 0 Å². The van der Waals surface area contributed by atoms with Crippen molar-refractivity contribution in [2.75, 3.05) is 0 Å². The maximum Gasteiger partial charge on any atom is 0.164 e. The fraction of sp³-hybridized carbons (Fsp3) is 0.0727. The molecule has 0 amide bonds. The molecule has 0 unspecified atom stereocenters. The van der Waals surface area contributed by atoms with Gasteiger partial charge >= 0.3 is 0 Å². The van der Waals surface area contributed by atoms with E-state index in [1.54, 1.807) is 0 Å². The van der Waals surface area contributed by atoms with Gasteiger partial charge in [-0.15, -0.1) is 0 Å². The summed E-state index contributed by atoms with van der Waals surface area (Å²) in [6.45, 7) is 2.23. The smallest absolute Gasteiger partial charge is 0.164 e. The molecule has 60 heavy (non-hydrogen) atoms. The zero-order chi connectivity index (χ0) is 40.0. The Bertz CT molecular complexity index is 3290. The summed E-state index contributed by atoms with van der Waals surface area (Å²) < 4.78 is 8.86. The van der Waals surface area contributed by atoms with Crippen molar-refractivity contribution >= 4 is 43.7 Å². The summed E-state index contributed by atoms with van der Waals surface area (Å²) in [6.07, 6.45) is 3.44. The lowest BCUT2D eigenvalue weighted by molar-refractivity contribution is 0.667. The monoisotopic (exact) mass is 772 g/mol. The summed E-state index contributed by atoms with van der Waals surface area (Å²) in [5, 5.41) is 4.77. The van der Waals surface area contributed by atoms with Gasteiger partial charge in [0.05, 0.1) is 11.0 Å². The maximum atomic E-state index is 6.48. The third-order valence-electron chi connectivity index (χ3n) is 11.6. The Hall–Kier alpha value is -7.63. The van der Waals surface area contributed by atoms with Crippen LogP contribution in [0.15, 0.2) is 192 Å². The van der Waals surface area contributed by atoms with E-state index >= 15 is 0 Å². The first-order chi connectivity index (χ1) is 29.7. The molecule has 0 radical (unpaired) electrons. The fourth-order valence-electron chi connectivity index (χ4n) is 8.54. The predicted molar refractivity (Wildman–Crippen MR) is 247 cm³/mol. The summed E-state index contributed by atoms with van der Waals surface area (Å²) in [6, 6.07) is 66.3. The molecule has 0 saturated heterocycles. The van der Waals surface area contributed by atoms with Crippen molar-refractivity contribution in [3.63, 3.8) is 0 Å². The molecular formula is C55H40N4O. The standard InChI is InChI=1S/C55H40N4O/c1-2-3-13-36-22-29-47-48-31-26-42(35-52(48)60-51(47)32-36)41-25-30-46-45-20-10-11-21-49(45)59(50(46)34-41)44-27-23-37(24-28-44)40-18-12-19-43(33-40)55-57-53(38-14-6-4-7-15-38)56-54(58-55)39-16-8-5-9-17-39/h4-12,14-35H,2-3,13H2,1H3. The Balaban J connectivity index is 0.956. The minimum absolute atomic E-state index is 0.637. The minimum Gasteiger partial charge on any atom is -0.456 e. The van der Waals surface area contributed by atoms with E-state index in [0.717, 1.165) is 73.1 Å². The van der Waals surface area contributed by atoms with Gasteiger partial charge in [-0.05, 0) is 89.2 Å². The maximum absolute atomic E-state index is 6.48. The van der Waals surface area contributed by atoms with E-state index in [-0.39, 0.29) is 0 Å². The zero-order valence-electron chi connectivity index (χ0n) is 33.2. The highest BCUT2D eigenvalue weighted by atomic mass is 16.3. The Morgan fingerprint density at radius 2 is 0.933 bits per heavy atom. The van der Waals surface area contributed by atoms with Gasteiger partial charge in [-0.25, -0.2) is 15.0 Å². The molecule has 0 saturated carbocycles. The summed E-state index contributed by atoms with van der Waals surface area (Å²) >= 11 is 0. The number of nitrogens with zero attached hydrogens (tertiary/aromatic N) is 4. The molecule has 0 spiro atoms.